The van der Waals surface area contributed by atoms with Crippen LogP contribution in [-0.4, -0.2) is 36.4 Å². The average molecular weight is 278 g/mol. The maximum Gasteiger partial charge on any atom is 0.407 e. The lowest BCUT2D eigenvalue weighted by atomic mass is 9.87. The lowest BCUT2D eigenvalue weighted by molar-refractivity contribution is 0.125. The number of carbonyl (C=O) groups is 1. The molecule has 0 radical (unpaired) electrons. The number of alkyl carbamates (subject to hydrolysis) is 1. The molecule has 0 heterocycles. The molecule has 2 rings (SSSR count). The minimum absolute atomic E-state index is 0.199. The fourth-order valence-corrected chi connectivity index (χ4v) is 2.22. The Morgan fingerprint density at radius 3 is 2.70 bits per heavy atom. The summed E-state index contributed by atoms with van der Waals surface area (Å²) in [6, 6.07) is 10.3. The molecule has 1 saturated carbocycles. The summed E-state index contributed by atoms with van der Waals surface area (Å²) in [4.78, 5) is 11.6. The first-order valence-corrected chi connectivity index (χ1v) is 7.09. The summed E-state index contributed by atoms with van der Waals surface area (Å²) in [5, 5.41) is 14.9. The molecule has 20 heavy (non-hydrogen) atoms. The highest BCUT2D eigenvalue weighted by molar-refractivity contribution is 5.67. The molecule has 1 aliphatic carbocycles. The van der Waals surface area contributed by atoms with Crippen LogP contribution < -0.4 is 10.6 Å². The van der Waals surface area contributed by atoms with E-state index >= 15 is 0 Å². The molecule has 0 aliphatic heterocycles. The molecule has 0 saturated heterocycles. The van der Waals surface area contributed by atoms with Gasteiger partial charge in [0.25, 0.3) is 0 Å². The van der Waals surface area contributed by atoms with E-state index < -0.39 is 0 Å². The van der Waals surface area contributed by atoms with Crippen molar-refractivity contribution in [2.75, 3.05) is 13.2 Å². The summed E-state index contributed by atoms with van der Waals surface area (Å²) in [5.41, 5.74) is 0.986. The van der Waals surface area contributed by atoms with Crippen LogP contribution in [0.5, 0.6) is 0 Å². The normalized spacial score (nSPS) is 21.1. The van der Waals surface area contributed by atoms with E-state index in [-0.39, 0.29) is 18.7 Å². The Bertz CT molecular complexity index is 405. The molecule has 0 unspecified atom stereocenters. The van der Waals surface area contributed by atoms with Crippen LogP contribution in [0, 0.1) is 0 Å². The molecule has 1 aromatic rings. The molecular formula is C15H22N2O3. The van der Waals surface area contributed by atoms with Crippen LogP contribution in [0.4, 0.5) is 4.79 Å². The van der Waals surface area contributed by atoms with Crippen molar-refractivity contribution in [3.63, 3.8) is 0 Å². The van der Waals surface area contributed by atoms with Crippen molar-refractivity contribution >= 4 is 6.09 Å². The Hall–Kier alpha value is -1.59. The number of aliphatic hydroxyl groups is 1. The summed E-state index contributed by atoms with van der Waals surface area (Å²) in [6.07, 6.45) is 2.26. The molecular weight excluding hydrogens is 256 g/mol. The largest absolute Gasteiger partial charge is 0.445 e. The Morgan fingerprint density at radius 1 is 1.25 bits per heavy atom. The molecule has 0 aromatic heterocycles. The van der Waals surface area contributed by atoms with Crippen LogP contribution in [-0.2, 0) is 11.3 Å². The second-order valence-electron chi connectivity index (χ2n) is 5.10. The highest BCUT2D eigenvalue weighted by Crippen LogP contribution is 2.20. The van der Waals surface area contributed by atoms with Gasteiger partial charge in [-0.1, -0.05) is 30.3 Å². The smallest absolute Gasteiger partial charge is 0.407 e. The van der Waals surface area contributed by atoms with Crippen molar-refractivity contribution in [2.24, 2.45) is 0 Å². The van der Waals surface area contributed by atoms with Gasteiger partial charge in [-0.15, -0.1) is 0 Å². The highest BCUT2D eigenvalue weighted by Gasteiger charge is 2.29. The SMILES string of the molecule is O=C(NC1CC(NCCCO)C1)OCc1ccccc1. The molecule has 0 atom stereocenters. The van der Waals surface area contributed by atoms with Gasteiger partial charge in [0.1, 0.15) is 6.61 Å². The van der Waals surface area contributed by atoms with E-state index in [0.29, 0.717) is 12.6 Å². The maximum atomic E-state index is 11.6. The van der Waals surface area contributed by atoms with E-state index in [4.69, 9.17) is 9.84 Å². The number of ether oxygens (including phenoxy) is 1. The first-order chi connectivity index (χ1) is 9.78. The van der Waals surface area contributed by atoms with Gasteiger partial charge in [-0.2, -0.15) is 0 Å². The standard InChI is InChI=1S/C15H22N2O3/c18-8-4-7-16-13-9-14(10-13)17-15(19)20-11-12-5-2-1-3-6-12/h1-3,5-6,13-14,16,18H,4,7-11H2,(H,17,19). The summed E-state index contributed by atoms with van der Waals surface area (Å²) in [7, 11) is 0. The number of amides is 1. The number of carbonyl (C=O) groups excluding carboxylic acids is 1. The zero-order valence-corrected chi connectivity index (χ0v) is 11.5. The Labute approximate surface area is 119 Å². The second-order valence-corrected chi connectivity index (χ2v) is 5.10. The number of aliphatic hydroxyl groups excluding tert-OH is 1. The number of rotatable bonds is 7. The van der Waals surface area contributed by atoms with Crippen LogP contribution in [0.15, 0.2) is 30.3 Å². The molecule has 1 aliphatic rings. The monoisotopic (exact) mass is 278 g/mol. The fraction of sp³-hybridized carbons (Fsp3) is 0.533. The molecule has 5 heteroatoms. The minimum atomic E-state index is -0.354. The minimum Gasteiger partial charge on any atom is -0.445 e. The molecule has 3 N–H and O–H groups in total. The van der Waals surface area contributed by atoms with Crippen molar-refractivity contribution in [2.45, 2.75) is 38.0 Å². The van der Waals surface area contributed by atoms with E-state index in [1.54, 1.807) is 0 Å². The van der Waals surface area contributed by atoms with E-state index in [9.17, 15) is 4.79 Å². The molecule has 5 nitrogen and oxygen atoms in total. The molecule has 110 valence electrons. The third kappa shape index (κ3) is 4.83. The lowest BCUT2D eigenvalue weighted by Gasteiger charge is -2.36. The third-order valence-electron chi connectivity index (χ3n) is 3.44. The fourth-order valence-electron chi connectivity index (χ4n) is 2.22. The number of hydrogen-bond acceptors (Lipinski definition) is 4. The zero-order chi connectivity index (χ0) is 14.2. The summed E-state index contributed by atoms with van der Waals surface area (Å²) < 4.78 is 5.16. The summed E-state index contributed by atoms with van der Waals surface area (Å²) in [6.45, 7) is 1.34. The zero-order valence-electron chi connectivity index (χ0n) is 11.5. The van der Waals surface area contributed by atoms with Gasteiger partial charge in [-0.05, 0) is 31.4 Å². The molecule has 1 aromatic carbocycles. The third-order valence-corrected chi connectivity index (χ3v) is 3.44. The topological polar surface area (TPSA) is 70.6 Å². The van der Waals surface area contributed by atoms with Gasteiger partial charge in [0.05, 0.1) is 0 Å². The molecule has 1 amide bonds. The van der Waals surface area contributed by atoms with Crippen molar-refractivity contribution < 1.29 is 14.6 Å². The quantitative estimate of drug-likeness (QED) is 0.660. The van der Waals surface area contributed by atoms with Crippen LogP contribution in [0.3, 0.4) is 0 Å². The van der Waals surface area contributed by atoms with Crippen molar-refractivity contribution in [1.29, 1.82) is 0 Å². The van der Waals surface area contributed by atoms with Crippen molar-refractivity contribution in [3.8, 4) is 0 Å². The number of hydrogen-bond donors (Lipinski definition) is 3. The average Bonchev–Trinajstić information content (AvgIpc) is 2.43. The lowest BCUT2D eigenvalue weighted by Crippen LogP contribution is -2.52. The number of nitrogens with one attached hydrogen (secondary N) is 2. The maximum absolute atomic E-state index is 11.6. The summed E-state index contributed by atoms with van der Waals surface area (Å²) in [5.74, 6) is 0. The molecule has 1 fully saturated rings. The second kappa shape index (κ2) is 7.87. The van der Waals surface area contributed by atoms with Gasteiger partial charge < -0.3 is 20.5 Å². The van der Waals surface area contributed by atoms with Gasteiger partial charge >= 0.3 is 6.09 Å². The number of benzene rings is 1. The van der Waals surface area contributed by atoms with E-state index in [1.807, 2.05) is 30.3 Å². The van der Waals surface area contributed by atoms with Gasteiger partial charge in [0.2, 0.25) is 0 Å². The Morgan fingerprint density at radius 2 is 2.00 bits per heavy atom. The van der Waals surface area contributed by atoms with Gasteiger partial charge in [0.15, 0.2) is 0 Å². The van der Waals surface area contributed by atoms with E-state index in [2.05, 4.69) is 10.6 Å². The van der Waals surface area contributed by atoms with Crippen molar-refractivity contribution in [1.82, 2.24) is 10.6 Å². The Balaban J connectivity index is 1.55. The van der Waals surface area contributed by atoms with Crippen LogP contribution >= 0.6 is 0 Å². The van der Waals surface area contributed by atoms with Crippen LogP contribution in [0.25, 0.3) is 0 Å². The molecule has 0 bridgehead atoms. The van der Waals surface area contributed by atoms with E-state index in [0.717, 1.165) is 31.4 Å². The first-order valence-electron chi connectivity index (χ1n) is 7.09. The van der Waals surface area contributed by atoms with Gasteiger partial charge in [0, 0.05) is 18.7 Å². The van der Waals surface area contributed by atoms with Crippen LogP contribution in [0.1, 0.15) is 24.8 Å². The van der Waals surface area contributed by atoms with Gasteiger partial charge in [-0.25, -0.2) is 4.79 Å². The van der Waals surface area contributed by atoms with Crippen LogP contribution in [0.2, 0.25) is 0 Å². The highest BCUT2D eigenvalue weighted by atomic mass is 16.5. The summed E-state index contributed by atoms with van der Waals surface area (Å²) >= 11 is 0. The van der Waals surface area contributed by atoms with Crippen molar-refractivity contribution in [3.05, 3.63) is 35.9 Å². The van der Waals surface area contributed by atoms with Gasteiger partial charge in [-0.3, -0.25) is 0 Å². The predicted octanol–water partition coefficient (Wildman–Crippen LogP) is 1.42. The Kier molecular flexibility index (Phi) is 5.83. The molecule has 0 spiro atoms. The predicted molar refractivity (Wildman–Crippen MR) is 76.3 cm³/mol. The van der Waals surface area contributed by atoms with E-state index in [1.165, 1.54) is 0 Å². The first kappa shape index (κ1) is 14.8.